The number of allylic oxidation sites excluding steroid dienone is 1. The van der Waals surface area contributed by atoms with Gasteiger partial charge < -0.3 is 5.11 Å². The van der Waals surface area contributed by atoms with E-state index in [9.17, 15) is 5.11 Å². The van der Waals surface area contributed by atoms with E-state index in [0.29, 0.717) is 17.7 Å². The molecule has 0 amide bonds. The Balaban J connectivity index is 1.98. The van der Waals surface area contributed by atoms with Gasteiger partial charge in [-0.25, -0.2) is 0 Å². The van der Waals surface area contributed by atoms with Gasteiger partial charge in [0.15, 0.2) is 0 Å². The first-order valence-electron chi connectivity index (χ1n) is 8.14. The Bertz CT molecular complexity index is 577. The van der Waals surface area contributed by atoms with Crippen LogP contribution in [0, 0.1) is 5.92 Å². The lowest BCUT2D eigenvalue weighted by Crippen LogP contribution is -2.58. The van der Waals surface area contributed by atoms with Crippen LogP contribution in [0.4, 0.5) is 0 Å². The molecule has 21 heavy (non-hydrogen) atoms. The maximum absolute atomic E-state index is 9.87. The lowest BCUT2D eigenvalue weighted by molar-refractivity contribution is 0.0380. The Morgan fingerprint density at radius 1 is 1.48 bits per heavy atom. The van der Waals surface area contributed by atoms with Gasteiger partial charge in [-0.15, -0.1) is 0 Å². The van der Waals surface area contributed by atoms with E-state index >= 15 is 0 Å². The molecule has 114 valence electrons. The predicted molar refractivity (Wildman–Crippen MR) is 87.7 cm³/mol. The summed E-state index contributed by atoms with van der Waals surface area (Å²) in [4.78, 5) is 2.66. The SMILES string of the molecule is C/C=C(\C)CN1CC[C@@]2(C)c3cc(O)ccc3C[C@H]1C2C. The van der Waals surface area contributed by atoms with Crippen LogP contribution in [0.1, 0.15) is 45.2 Å². The molecule has 2 aliphatic rings. The molecule has 1 fully saturated rings. The Morgan fingerprint density at radius 3 is 2.95 bits per heavy atom. The summed E-state index contributed by atoms with van der Waals surface area (Å²) in [6.45, 7) is 11.4. The van der Waals surface area contributed by atoms with Gasteiger partial charge in [0, 0.05) is 12.6 Å². The van der Waals surface area contributed by atoms with Crippen LogP contribution < -0.4 is 0 Å². The molecular formula is C19H27NO. The molecular weight excluding hydrogens is 258 g/mol. The van der Waals surface area contributed by atoms with Crippen molar-refractivity contribution in [2.45, 2.75) is 52.0 Å². The normalized spacial score (nSPS) is 32.9. The average Bonchev–Trinajstić information content (AvgIpc) is 2.46. The minimum atomic E-state index is 0.206. The number of benzene rings is 1. The zero-order valence-corrected chi connectivity index (χ0v) is 13.7. The molecule has 1 aliphatic heterocycles. The number of aromatic hydroxyl groups is 1. The highest BCUT2D eigenvalue weighted by atomic mass is 16.3. The minimum Gasteiger partial charge on any atom is -0.508 e. The van der Waals surface area contributed by atoms with Gasteiger partial charge in [-0.05, 0) is 67.8 Å². The van der Waals surface area contributed by atoms with Gasteiger partial charge in [0.05, 0.1) is 0 Å². The minimum absolute atomic E-state index is 0.206. The van der Waals surface area contributed by atoms with E-state index in [1.807, 2.05) is 12.1 Å². The summed E-state index contributed by atoms with van der Waals surface area (Å²) >= 11 is 0. The van der Waals surface area contributed by atoms with Crippen LogP contribution in [0.25, 0.3) is 0 Å². The van der Waals surface area contributed by atoms with Crippen LogP contribution in [0.5, 0.6) is 5.75 Å². The first-order chi connectivity index (χ1) is 9.95. The Kier molecular flexibility index (Phi) is 3.61. The van der Waals surface area contributed by atoms with Crippen molar-refractivity contribution in [1.29, 1.82) is 0 Å². The number of hydrogen-bond donors (Lipinski definition) is 1. The number of hydrogen-bond acceptors (Lipinski definition) is 2. The maximum atomic E-state index is 9.87. The smallest absolute Gasteiger partial charge is 0.115 e. The van der Waals surface area contributed by atoms with Gasteiger partial charge in [0.1, 0.15) is 5.75 Å². The summed E-state index contributed by atoms with van der Waals surface area (Å²) in [5.41, 5.74) is 4.48. The fourth-order valence-electron chi connectivity index (χ4n) is 4.30. The lowest BCUT2D eigenvalue weighted by atomic mass is 9.59. The van der Waals surface area contributed by atoms with Crippen molar-refractivity contribution in [1.82, 2.24) is 4.90 Å². The molecule has 1 heterocycles. The molecule has 0 radical (unpaired) electrons. The Labute approximate surface area is 128 Å². The molecule has 0 saturated carbocycles. The summed E-state index contributed by atoms with van der Waals surface area (Å²) in [5, 5.41) is 9.87. The van der Waals surface area contributed by atoms with Crippen LogP contribution in [-0.4, -0.2) is 29.1 Å². The van der Waals surface area contributed by atoms with Crippen LogP contribution >= 0.6 is 0 Å². The Morgan fingerprint density at radius 2 is 2.24 bits per heavy atom. The summed E-state index contributed by atoms with van der Waals surface area (Å²) in [7, 11) is 0. The number of rotatable bonds is 2. The van der Waals surface area contributed by atoms with Gasteiger partial charge in [-0.2, -0.15) is 0 Å². The monoisotopic (exact) mass is 285 g/mol. The molecule has 1 unspecified atom stereocenters. The standard InChI is InChI=1S/C19H27NO/c1-5-13(2)12-20-9-8-19(4)14(3)18(20)10-15-6-7-16(21)11-17(15)19/h5-7,11,14,18,21H,8-10,12H2,1-4H3/b13-5+/t14?,18-,19+/m0/s1. The van der Waals surface area contributed by atoms with Crippen LogP contribution in [0.15, 0.2) is 29.8 Å². The van der Waals surface area contributed by atoms with Crippen LogP contribution in [-0.2, 0) is 11.8 Å². The van der Waals surface area contributed by atoms with E-state index in [1.165, 1.54) is 23.1 Å². The molecule has 3 rings (SSSR count). The quantitative estimate of drug-likeness (QED) is 0.834. The van der Waals surface area contributed by atoms with E-state index in [0.717, 1.165) is 19.5 Å². The number of phenols is 1. The molecule has 2 heteroatoms. The second-order valence-electron chi connectivity index (χ2n) is 7.17. The zero-order chi connectivity index (χ0) is 15.2. The fourth-order valence-corrected chi connectivity index (χ4v) is 4.30. The predicted octanol–water partition coefficient (Wildman–Crippen LogP) is 3.88. The number of phenolic OH excluding ortho intramolecular Hbond substituents is 1. The third-order valence-corrected chi connectivity index (χ3v) is 6.05. The fraction of sp³-hybridized carbons (Fsp3) is 0.579. The summed E-state index contributed by atoms with van der Waals surface area (Å²) < 4.78 is 0. The number of likely N-dealkylation sites (tertiary alicyclic amines) is 1. The number of nitrogens with zero attached hydrogens (tertiary/aromatic N) is 1. The highest BCUT2D eigenvalue weighted by Gasteiger charge is 2.48. The lowest BCUT2D eigenvalue weighted by Gasteiger charge is -2.54. The number of piperidine rings is 1. The summed E-state index contributed by atoms with van der Waals surface area (Å²) in [6.07, 6.45) is 4.52. The second-order valence-corrected chi connectivity index (χ2v) is 7.17. The van der Waals surface area contributed by atoms with E-state index < -0.39 is 0 Å². The molecule has 0 spiro atoms. The van der Waals surface area contributed by atoms with Crippen LogP contribution in [0.3, 0.4) is 0 Å². The first-order valence-corrected chi connectivity index (χ1v) is 8.14. The highest BCUT2D eigenvalue weighted by Crippen LogP contribution is 2.49. The molecule has 3 atom stereocenters. The third kappa shape index (κ3) is 2.30. The van der Waals surface area contributed by atoms with Gasteiger partial charge >= 0.3 is 0 Å². The molecule has 2 bridgehead atoms. The first kappa shape index (κ1) is 14.6. The molecule has 1 aromatic rings. The molecule has 1 aromatic carbocycles. The molecule has 2 nitrogen and oxygen atoms in total. The van der Waals surface area contributed by atoms with Gasteiger partial charge in [-0.3, -0.25) is 4.90 Å². The van der Waals surface area contributed by atoms with Crippen molar-refractivity contribution in [3.63, 3.8) is 0 Å². The third-order valence-electron chi connectivity index (χ3n) is 6.05. The largest absolute Gasteiger partial charge is 0.508 e. The topological polar surface area (TPSA) is 23.5 Å². The molecule has 1 saturated heterocycles. The van der Waals surface area contributed by atoms with Crippen molar-refractivity contribution in [3.05, 3.63) is 41.0 Å². The van der Waals surface area contributed by atoms with Crippen molar-refractivity contribution in [2.24, 2.45) is 5.92 Å². The number of fused-ring (bicyclic) bond motifs is 4. The van der Waals surface area contributed by atoms with Crippen molar-refractivity contribution in [2.75, 3.05) is 13.1 Å². The summed E-state index contributed by atoms with van der Waals surface area (Å²) in [6, 6.07) is 6.61. The van der Waals surface area contributed by atoms with E-state index in [1.54, 1.807) is 0 Å². The summed E-state index contributed by atoms with van der Waals surface area (Å²) in [5.74, 6) is 1.04. The molecule has 1 N–H and O–H groups in total. The molecule has 0 aromatic heterocycles. The zero-order valence-electron chi connectivity index (χ0n) is 13.7. The van der Waals surface area contributed by atoms with E-state index in [4.69, 9.17) is 0 Å². The van der Waals surface area contributed by atoms with E-state index in [-0.39, 0.29) is 5.41 Å². The van der Waals surface area contributed by atoms with E-state index in [2.05, 4.69) is 44.7 Å². The second kappa shape index (κ2) is 5.17. The van der Waals surface area contributed by atoms with Crippen LogP contribution in [0.2, 0.25) is 0 Å². The van der Waals surface area contributed by atoms with Crippen molar-refractivity contribution < 1.29 is 5.11 Å². The average molecular weight is 285 g/mol. The maximum Gasteiger partial charge on any atom is 0.115 e. The van der Waals surface area contributed by atoms with Gasteiger partial charge in [0.25, 0.3) is 0 Å². The van der Waals surface area contributed by atoms with Crippen molar-refractivity contribution in [3.8, 4) is 5.75 Å². The molecule has 1 aliphatic carbocycles. The highest BCUT2D eigenvalue weighted by molar-refractivity contribution is 5.44. The van der Waals surface area contributed by atoms with Gasteiger partial charge in [0.2, 0.25) is 0 Å². The van der Waals surface area contributed by atoms with Gasteiger partial charge in [-0.1, -0.05) is 31.6 Å². The Hall–Kier alpha value is -1.28. The van der Waals surface area contributed by atoms with Crippen molar-refractivity contribution >= 4 is 0 Å².